The molecule has 0 bridgehead atoms. The molecule has 1 saturated heterocycles. The summed E-state index contributed by atoms with van der Waals surface area (Å²) in [4.78, 5) is 37.0. The number of likely N-dealkylation sites (tertiary alicyclic amines) is 1. The van der Waals surface area contributed by atoms with Gasteiger partial charge in [0.25, 0.3) is 0 Å². The number of hydrogen-bond acceptors (Lipinski definition) is 6. The molecule has 1 aromatic carbocycles. The molecule has 0 aromatic heterocycles. The Bertz CT molecular complexity index is 776. The van der Waals surface area contributed by atoms with Gasteiger partial charge >= 0.3 is 0 Å². The fourth-order valence-corrected chi connectivity index (χ4v) is 4.10. The summed E-state index contributed by atoms with van der Waals surface area (Å²) in [5.41, 5.74) is 0. The van der Waals surface area contributed by atoms with Crippen molar-refractivity contribution >= 4 is 18.2 Å². The van der Waals surface area contributed by atoms with Gasteiger partial charge < -0.3 is 29.7 Å². The summed E-state index contributed by atoms with van der Waals surface area (Å²) in [7, 11) is 1.50. The zero-order valence-corrected chi connectivity index (χ0v) is 22.7. The van der Waals surface area contributed by atoms with Gasteiger partial charge in [-0.2, -0.15) is 0 Å². The van der Waals surface area contributed by atoms with Gasteiger partial charge in [0.2, 0.25) is 18.2 Å². The first-order chi connectivity index (χ1) is 17.2. The molecule has 9 heteroatoms. The maximum Gasteiger partial charge on any atom is 0.243 e. The van der Waals surface area contributed by atoms with Crippen molar-refractivity contribution in [2.75, 3.05) is 33.4 Å². The number of rotatable bonds is 14. The van der Waals surface area contributed by atoms with Crippen LogP contribution in [-0.2, 0) is 23.9 Å². The Balaban J connectivity index is 0.000000488. The minimum absolute atomic E-state index is 0.00203. The Kier molecular flexibility index (Phi) is 14.7. The normalized spacial score (nSPS) is 19.8. The molecule has 1 aliphatic rings. The van der Waals surface area contributed by atoms with Crippen molar-refractivity contribution in [1.82, 2.24) is 15.5 Å². The molecule has 1 aliphatic heterocycles. The van der Waals surface area contributed by atoms with E-state index in [1.54, 1.807) is 0 Å². The van der Waals surface area contributed by atoms with Crippen LogP contribution in [0.5, 0.6) is 5.75 Å². The summed E-state index contributed by atoms with van der Waals surface area (Å²) >= 11 is 0. The number of unbranched alkanes of at least 4 members (excludes halogenated alkanes) is 1. The van der Waals surface area contributed by atoms with Gasteiger partial charge in [0.05, 0.1) is 19.7 Å². The van der Waals surface area contributed by atoms with Crippen molar-refractivity contribution in [2.24, 2.45) is 5.92 Å². The van der Waals surface area contributed by atoms with Gasteiger partial charge in [0.1, 0.15) is 11.8 Å². The standard InChI is InChI=1S/C17H31N3O5.C10H14O/c1-6-25-17(24-5)8-14(16(23)19-13(4)7-12(2)3)20(10-17)15(22)9-18-11-21;1-2-3-9-11-10-7-5-4-6-8-10/h11-14H,6-10H2,1-5H3,(H,18,21)(H,19,23);4-8H,2-3,9H2,1H3. The summed E-state index contributed by atoms with van der Waals surface area (Å²) in [6.07, 6.45) is 3.88. The molecule has 0 spiro atoms. The van der Waals surface area contributed by atoms with Gasteiger partial charge in [-0.15, -0.1) is 0 Å². The fraction of sp³-hybridized carbons (Fsp3) is 0.667. The molecule has 2 rings (SSSR count). The van der Waals surface area contributed by atoms with Crippen LogP contribution in [-0.4, -0.2) is 74.4 Å². The molecule has 1 aromatic rings. The van der Waals surface area contributed by atoms with E-state index in [2.05, 4.69) is 31.4 Å². The van der Waals surface area contributed by atoms with Crippen LogP contribution in [0.3, 0.4) is 0 Å². The summed E-state index contributed by atoms with van der Waals surface area (Å²) in [6, 6.07) is 9.24. The van der Waals surface area contributed by atoms with Gasteiger partial charge in [-0.3, -0.25) is 14.4 Å². The monoisotopic (exact) mass is 507 g/mol. The number of amides is 3. The molecule has 0 saturated carbocycles. The summed E-state index contributed by atoms with van der Waals surface area (Å²) < 4.78 is 16.6. The topological polar surface area (TPSA) is 106 Å². The second-order valence-corrected chi connectivity index (χ2v) is 9.34. The summed E-state index contributed by atoms with van der Waals surface area (Å²) in [6.45, 7) is 11.3. The van der Waals surface area contributed by atoms with Crippen LogP contribution >= 0.6 is 0 Å². The number of para-hydroxylation sites is 1. The van der Waals surface area contributed by atoms with Crippen molar-refractivity contribution in [2.45, 2.75) is 78.2 Å². The minimum atomic E-state index is -1.01. The van der Waals surface area contributed by atoms with E-state index in [4.69, 9.17) is 14.2 Å². The third-order valence-electron chi connectivity index (χ3n) is 5.75. The first-order valence-electron chi connectivity index (χ1n) is 12.9. The highest BCUT2D eigenvalue weighted by atomic mass is 16.7. The van der Waals surface area contributed by atoms with Crippen LogP contribution in [0.2, 0.25) is 0 Å². The highest BCUT2D eigenvalue weighted by Crippen LogP contribution is 2.31. The Labute approximate surface area is 216 Å². The lowest BCUT2D eigenvalue weighted by atomic mass is 10.0. The maximum atomic E-state index is 12.7. The number of hydrogen-bond donors (Lipinski definition) is 2. The molecule has 3 unspecified atom stereocenters. The first kappa shape index (κ1) is 31.4. The van der Waals surface area contributed by atoms with Crippen LogP contribution < -0.4 is 15.4 Å². The predicted octanol–water partition coefficient (Wildman–Crippen LogP) is 3.13. The van der Waals surface area contributed by atoms with Crippen molar-refractivity contribution in [3.63, 3.8) is 0 Å². The molecule has 36 heavy (non-hydrogen) atoms. The molecular formula is C27H45N3O6. The number of nitrogens with one attached hydrogen (secondary N) is 2. The molecule has 2 N–H and O–H groups in total. The molecule has 3 amide bonds. The smallest absolute Gasteiger partial charge is 0.243 e. The number of benzene rings is 1. The third-order valence-corrected chi connectivity index (χ3v) is 5.75. The highest BCUT2D eigenvalue weighted by Gasteiger charge is 2.50. The second-order valence-electron chi connectivity index (χ2n) is 9.34. The molecule has 3 atom stereocenters. The van der Waals surface area contributed by atoms with E-state index >= 15 is 0 Å². The third kappa shape index (κ3) is 11.0. The molecular weight excluding hydrogens is 462 g/mol. The highest BCUT2D eigenvalue weighted by molar-refractivity contribution is 5.89. The van der Waals surface area contributed by atoms with Crippen LogP contribution in [0.4, 0.5) is 0 Å². The number of carbonyl (C=O) groups excluding carboxylic acids is 3. The second kappa shape index (κ2) is 16.9. The Morgan fingerprint density at radius 2 is 1.89 bits per heavy atom. The largest absolute Gasteiger partial charge is 0.494 e. The van der Waals surface area contributed by atoms with E-state index in [1.165, 1.54) is 18.4 Å². The first-order valence-corrected chi connectivity index (χ1v) is 12.9. The Morgan fingerprint density at radius 3 is 2.44 bits per heavy atom. The van der Waals surface area contributed by atoms with Crippen LogP contribution in [0.25, 0.3) is 0 Å². The van der Waals surface area contributed by atoms with E-state index in [1.807, 2.05) is 44.2 Å². The van der Waals surface area contributed by atoms with Crippen LogP contribution in [0, 0.1) is 5.92 Å². The lowest BCUT2D eigenvalue weighted by Gasteiger charge is -2.27. The van der Waals surface area contributed by atoms with E-state index in [0.717, 1.165) is 25.2 Å². The molecule has 1 fully saturated rings. The number of methoxy groups -OCH3 is 1. The molecule has 204 valence electrons. The Hall–Kier alpha value is -2.65. The van der Waals surface area contributed by atoms with Gasteiger partial charge in [-0.05, 0) is 44.7 Å². The zero-order valence-electron chi connectivity index (χ0n) is 22.7. The zero-order chi connectivity index (χ0) is 27.0. The average Bonchev–Trinajstić information content (AvgIpc) is 3.24. The van der Waals surface area contributed by atoms with Crippen LogP contribution in [0.1, 0.15) is 60.3 Å². The van der Waals surface area contributed by atoms with Crippen molar-refractivity contribution in [3.8, 4) is 5.75 Å². The number of nitrogens with zero attached hydrogens (tertiary/aromatic N) is 1. The van der Waals surface area contributed by atoms with E-state index in [0.29, 0.717) is 18.9 Å². The molecule has 1 heterocycles. The van der Waals surface area contributed by atoms with E-state index in [-0.39, 0.29) is 37.4 Å². The fourth-order valence-electron chi connectivity index (χ4n) is 4.10. The number of carbonyl (C=O) groups is 3. The average molecular weight is 508 g/mol. The predicted molar refractivity (Wildman–Crippen MR) is 139 cm³/mol. The lowest BCUT2D eigenvalue weighted by Crippen LogP contribution is -2.50. The van der Waals surface area contributed by atoms with Crippen LogP contribution in [0.15, 0.2) is 30.3 Å². The van der Waals surface area contributed by atoms with Gasteiger partial charge in [0, 0.05) is 26.2 Å². The van der Waals surface area contributed by atoms with Crippen molar-refractivity contribution in [3.05, 3.63) is 30.3 Å². The van der Waals surface area contributed by atoms with Crippen molar-refractivity contribution < 1.29 is 28.6 Å². The van der Waals surface area contributed by atoms with E-state index in [9.17, 15) is 14.4 Å². The van der Waals surface area contributed by atoms with Gasteiger partial charge in [0.15, 0.2) is 5.79 Å². The molecule has 0 aliphatic carbocycles. The summed E-state index contributed by atoms with van der Waals surface area (Å²) in [5, 5.41) is 5.31. The quantitative estimate of drug-likeness (QED) is 0.228. The van der Waals surface area contributed by atoms with Crippen molar-refractivity contribution in [1.29, 1.82) is 0 Å². The molecule has 9 nitrogen and oxygen atoms in total. The molecule has 0 radical (unpaired) electrons. The Morgan fingerprint density at radius 1 is 1.19 bits per heavy atom. The minimum Gasteiger partial charge on any atom is -0.494 e. The maximum absolute atomic E-state index is 12.7. The van der Waals surface area contributed by atoms with Gasteiger partial charge in [-0.25, -0.2) is 0 Å². The lowest BCUT2D eigenvalue weighted by molar-refractivity contribution is -0.210. The van der Waals surface area contributed by atoms with Gasteiger partial charge in [-0.1, -0.05) is 45.4 Å². The number of ether oxygens (including phenoxy) is 3. The van der Waals surface area contributed by atoms with E-state index < -0.39 is 11.8 Å². The summed E-state index contributed by atoms with van der Waals surface area (Å²) in [5.74, 6) is -0.154. The SMILES string of the molecule is CCCCOc1ccccc1.CCOC1(OC)CC(C(=O)NC(C)CC(C)C)N(C(=O)CNC=O)C1.